The third kappa shape index (κ3) is 0.897. The first-order valence-electron chi connectivity index (χ1n) is 3.89. The molecule has 1 fully saturated rings. The molecule has 1 aromatic rings. The lowest BCUT2D eigenvalue weighted by Gasteiger charge is -2.11. The van der Waals surface area contributed by atoms with Gasteiger partial charge in [-0.1, -0.05) is 6.58 Å². The highest BCUT2D eigenvalue weighted by atomic mass is 16.3. The van der Waals surface area contributed by atoms with Crippen LogP contribution in [0.1, 0.15) is 18.4 Å². The van der Waals surface area contributed by atoms with Crippen LogP contribution in [0.15, 0.2) is 31.1 Å². The van der Waals surface area contributed by atoms with E-state index in [1.165, 1.54) is 6.33 Å². The van der Waals surface area contributed by atoms with Crippen LogP contribution >= 0.6 is 0 Å². The zero-order valence-corrected chi connectivity index (χ0v) is 6.70. The van der Waals surface area contributed by atoms with E-state index in [1.807, 2.05) is 0 Å². The van der Waals surface area contributed by atoms with Crippen molar-refractivity contribution in [2.45, 2.75) is 18.3 Å². The summed E-state index contributed by atoms with van der Waals surface area (Å²) < 4.78 is 0. The summed E-state index contributed by atoms with van der Waals surface area (Å²) in [6.07, 6.45) is 6.87. The van der Waals surface area contributed by atoms with Crippen molar-refractivity contribution in [1.29, 1.82) is 0 Å². The number of hydrogen-bond acceptors (Lipinski definition) is 3. The Morgan fingerprint density at radius 2 is 2.00 bits per heavy atom. The van der Waals surface area contributed by atoms with Crippen molar-refractivity contribution in [2.75, 3.05) is 0 Å². The summed E-state index contributed by atoms with van der Waals surface area (Å²) in [6, 6.07) is 0. The number of allylic oxidation sites excluding steroid dienone is 1. The van der Waals surface area contributed by atoms with Gasteiger partial charge in [-0.25, -0.2) is 9.97 Å². The average molecular weight is 162 g/mol. The van der Waals surface area contributed by atoms with Crippen LogP contribution in [0.2, 0.25) is 0 Å². The van der Waals surface area contributed by atoms with E-state index in [9.17, 15) is 5.11 Å². The SMILES string of the molecule is C=C(O)C1(c2cncnc2)CC1. The molecule has 0 unspecified atom stereocenters. The van der Waals surface area contributed by atoms with Gasteiger partial charge < -0.3 is 5.11 Å². The standard InChI is InChI=1S/C9H10N2O/c1-7(12)9(2-3-9)8-4-10-6-11-5-8/h4-6,12H,1-3H2. The maximum atomic E-state index is 9.35. The van der Waals surface area contributed by atoms with Gasteiger partial charge in [-0.15, -0.1) is 0 Å². The third-order valence-electron chi connectivity index (χ3n) is 2.42. The molecule has 0 aromatic carbocycles. The van der Waals surface area contributed by atoms with Crippen LogP contribution in [0.4, 0.5) is 0 Å². The highest BCUT2D eigenvalue weighted by molar-refractivity contribution is 5.35. The van der Waals surface area contributed by atoms with Crippen LogP contribution < -0.4 is 0 Å². The fourth-order valence-electron chi connectivity index (χ4n) is 1.42. The van der Waals surface area contributed by atoms with Gasteiger partial charge in [-0.3, -0.25) is 0 Å². The monoisotopic (exact) mass is 162 g/mol. The molecule has 0 spiro atoms. The van der Waals surface area contributed by atoms with Crippen molar-refractivity contribution < 1.29 is 5.11 Å². The largest absolute Gasteiger partial charge is 0.512 e. The van der Waals surface area contributed by atoms with E-state index < -0.39 is 0 Å². The fourth-order valence-corrected chi connectivity index (χ4v) is 1.42. The highest BCUT2D eigenvalue weighted by Crippen LogP contribution is 2.51. The second-order valence-electron chi connectivity index (χ2n) is 3.16. The minimum Gasteiger partial charge on any atom is -0.512 e. The predicted molar refractivity (Wildman–Crippen MR) is 44.7 cm³/mol. The van der Waals surface area contributed by atoms with E-state index in [1.54, 1.807) is 12.4 Å². The number of aromatic nitrogens is 2. The molecular formula is C9H10N2O. The molecule has 0 bridgehead atoms. The summed E-state index contributed by atoms with van der Waals surface area (Å²) in [5.41, 5.74) is 0.749. The number of aliphatic hydroxyl groups excluding tert-OH is 1. The predicted octanol–water partition coefficient (Wildman–Crippen LogP) is 1.58. The van der Waals surface area contributed by atoms with Gasteiger partial charge in [0.25, 0.3) is 0 Å². The summed E-state index contributed by atoms with van der Waals surface area (Å²) in [5, 5.41) is 9.35. The maximum Gasteiger partial charge on any atom is 0.115 e. The van der Waals surface area contributed by atoms with E-state index in [0.717, 1.165) is 18.4 Å². The first-order chi connectivity index (χ1) is 5.76. The normalized spacial score (nSPS) is 18.7. The van der Waals surface area contributed by atoms with E-state index in [2.05, 4.69) is 16.5 Å². The van der Waals surface area contributed by atoms with Crippen molar-refractivity contribution in [3.63, 3.8) is 0 Å². The first kappa shape index (κ1) is 7.28. The van der Waals surface area contributed by atoms with Crippen molar-refractivity contribution >= 4 is 0 Å². The van der Waals surface area contributed by atoms with Crippen LogP contribution in [0.25, 0.3) is 0 Å². The zero-order valence-electron chi connectivity index (χ0n) is 6.70. The molecule has 1 saturated carbocycles. The van der Waals surface area contributed by atoms with Gasteiger partial charge in [0.2, 0.25) is 0 Å². The molecule has 3 nitrogen and oxygen atoms in total. The van der Waals surface area contributed by atoms with Crippen LogP contribution in [-0.4, -0.2) is 15.1 Å². The van der Waals surface area contributed by atoms with Gasteiger partial charge in [0.1, 0.15) is 6.33 Å². The van der Waals surface area contributed by atoms with Crippen molar-refractivity contribution in [3.05, 3.63) is 36.6 Å². The third-order valence-corrected chi connectivity index (χ3v) is 2.42. The van der Waals surface area contributed by atoms with Crippen molar-refractivity contribution in [3.8, 4) is 0 Å². The maximum absolute atomic E-state index is 9.35. The van der Waals surface area contributed by atoms with Gasteiger partial charge >= 0.3 is 0 Å². The van der Waals surface area contributed by atoms with Gasteiger partial charge in [0, 0.05) is 18.0 Å². The van der Waals surface area contributed by atoms with Crippen LogP contribution in [-0.2, 0) is 5.41 Å². The second-order valence-corrected chi connectivity index (χ2v) is 3.16. The zero-order chi connectivity index (χ0) is 8.60. The lowest BCUT2D eigenvalue weighted by Crippen LogP contribution is -2.09. The van der Waals surface area contributed by atoms with E-state index >= 15 is 0 Å². The molecule has 0 saturated heterocycles. The number of aliphatic hydroxyl groups is 1. The summed E-state index contributed by atoms with van der Waals surface area (Å²) in [5.74, 6) is 0.234. The Kier molecular flexibility index (Phi) is 1.40. The Balaban J connectivity index is 2.37. The topological polar surface area (TPSA) is 46.0 Å². The van der Waals surface area contributed by atoms with Crippen molar-refractivity contribution in [2.24, 2.45) is 0 Å². The lowest BCUT2D eigenvalue weighted by molar-refractivity contribution is 0.361. The van der Waals surface area contributed by atoms with Gasteiger partial charge in [-0.2, -0.15) is 0 Å². The molecule has 62 valence electrons. The Morgan fingerprint density at radius 1 is 1.42 bits per heavy atom. The molecule has 12 heavy (non-hydrogen) atoms. The van der Waals surface area contributed by atoms with Gasteiger partial charge in [-0.05, 0) is 12.8 Å². The average Bonchev–Trinajstić information content (AvgIpc) is 2.86. The number of nitrogens with zero attached hydrogens (tertiary/aromatic N) is 2. The van der Waals surface area contributed by atoms with Crippen LogP contribution in [0, 0.1) is 0 Å². The molecule has 2 rings (SSSR count). The summed E-state index contributed by atoms with van der Waals surface area (Å²) >= 11 is 0. The summed E-state index contributed by atoms with van der Waals surface area (Å²) in [7, 11) is 0. The van der Waals surface area contributed by atoms with Crippen LogP contribution in [0.3, 0.4) is 0 Å². The molecule has 0 amide bonds. The molecule has 0 radical (unpaired) electrons. The molecule has 1 aliphatic carbocycles. The first-order valence-corrected chi connectivity index (χ1v) is 3.89. The molecule has 1 aliphatic rings. The van der Waals surface area contributed by atoms with Gasteiger partial charge in [0.15, 0.2) is 0 Å². The van der Waals surface area contributed by atoms with E-state index in [0.29, 0.717) is 0 Å². The van der Waals surface area contributed by atoms with E-state index in [4.69, 9.17) is 0 Å². The highest BCUT2D eigenvalue weighted by Gasteiger charge is 2.47. The smallest absolute Gasteiger partial charge is 0.115 e. The molecule has 1 heterocycles. The quantitative estimate of drug-likeness (QED) is 0.671. The van der Waals surface area contributed by atoms with Gasteiger partial charge in [0.05, 0.1) is 11.2 Å². The molecule has 0 aliphatic heterocycles. The Hall–Kier alpha value is -1.38. The molecule has 3 heteroatoms. The minimum absolute atomic E-state index is 0.221. The van der Waals surface area contributed by atoms with E-state index in [-0.39, 0.29) is 11.2 Å². The Morgan fingerprint density at radius 3 is 2.42 bits per heavy atom. The number of hydrogen-bond donors (Lipinski definition) is 1. The molecule has 1 aromatic heterocycles. The van der Waals surface area contributed by atoms with Crippen LogP contribution in [0.5, 0.6) is 0 Å². The lowest BCUT2D eigenvalue weighted by atomic mass is 9.98. The second kappa shape index (κ2) is 2.30. The minimum atomic E-state index is -0.221. The Bertz CT molecular complexity index is 304. The summed E-state index contributed by atoms with van der Waals surface area (Å²) in [6.45, 7) is 3.57. The summed E-state index contributed by atoms with van der Waals surface area (Å²) in [4.78, 5) is 7.82. The molecular weight excluding hydrogens is 152 g/mol. The van der Waals surface area contributed by atoms with Crippen molar-refractivity contribution in [1.82, 2.24) is 9.97 Å². The number of rotatable bonds is 2. The fraction of sp³-hybridized carbons (Fsp3) is 0.333. The molecule has 0 atom stereocenters. The molecule has 1 N–H and O–H groups in total. The Labute approximate surface area is 70.8 Å².